The SMILES string of the molecule is CCC(C)CN(CC)C(=O)c1cccc([N+](=O)[O-])c1N. The fourth-order valence-electron chi connectivity index (χ4n) is 1.93. The Hall–Kier alpha value is -2.11. The van der Waals surface area contributed by atoms with Crippen molar-refractivity contribution in [3.05, 3.63) is 33.9 Å². The van der Waals surface area contributed by atoms with E-state index >= 15 is 0 Å². The number of nitrogens with two attached hydrogens (primary N) is 1. The number of nitro groups is 1. The molecule has 0 radical (unpaired) electrons. The van der Waals surface area contributed by atoms with E-state index in [1.165, 1.54) is 18.2 Å². The lowest BCUT2D eigenvalue weighted by molar-refractivity contribution is -0.383. The van der Waals surface area contributed by atoms with Crippen LogP contribution in [0.1, 0.15) is 37.6 Å². The first-order chi connectivity index (χ1) is 9.42. The summed E-state index contributed by atoms with van der Waals surface area (Å²) in [5, 5.41) is 10.9. The van der Waals surface area contributed by atoms with Gasteiger partial charge in [0.15, 0.2) is 0 Å². The lowest BCUT2D eigenvalue weighted by Crippen LogP contribution is -2.35. The van der Waals surface area contributed by atoms with Crippen molar-refractivity contribution in [1.82, 2.24) is 4.90 Å². The normalized spacial score (nSPS) is 11.9. The van der Waals surface area contributed by atoms with Gasteiger partial charge in [-0.05, 0) is 18.9 Å². The first kappa shape index (κ1) is 15.9. The Morgan fingerprint density at radius 3 is 2.60 bits per heavy atom. The maximum atomic E-state index is 12.4. The second kappa shape index (κ2) is 6.88. The van der Waals surface area contributed by atoms with Crippen LogP contribution in [0.15, 0.2) is 18.2 Å². The van der Waals surface area contributed by atoms with Gasteiger partial charge in [-0.15, -0.1) is 0 Å². The van der Waals surface area contributed by atoms with Crippen LogP contribution in [0.2, 0.25) is 0 Å². The molecule has 110 valence electrons. The number of benzene rings is 1. The van der Waals surface area contributed by atoms with Crippen LogP contribution in [0.4, 0.5) is 11.4 Å². The summed E-state index contributed by atoms with van der Waals surface area (Å²) in [6.07, 6.45) is 0.966. The van der Waals surface area contributed by atoms with Crippen molar-refractivity contribution >= 4 is 17.3 Å². The highest BCUT2D eigenvalue weighted by Crippen LogP contribution is 2.26. The Labute approximate surface area is 118 Å². The fourth-order valence-corrected chi connectivity index (χ4v) is 1.93. The van der Waals surface area contributed by atoms with E-state index in [0.29, 0.717) is 19.0 Å². The molecule has 0 fully saturated rings. The smallest absolute Gasteiger partial charge is 0.292 e. The molecule has 0 aliphatic carbocycles. The number of nitrogens with zero attached hydrogens (tertiary/aromatic N) is 2. The van der Waals surface area contributed by atoms with Crippen LogP contribution in [-0.2, 0) is 0 Å². The van der Waals surface area contributed by atoms with Crippen molar-refractivity contribution in [3.63, 3.8) is 0 Å². The lowest BCUT2D eigenvalue weighted by atomic mass is 10.1. The van der Waals surface area contributed by atoms with Crippen LogP contribution >= 0.6 is 0 Å². The molecular formula is C14H21N3O3. The number of hydrogen-bond acceptors (Lipinski definition) is 4. The Bertz CT molecular complexity index is 502. The van der Waals surface area contributed by atoms with Crippen LogP contribution in [-0.4, -0.2) is 28.8 Å². The molecule has 1 rings (SSSR count). The summed E-state index contributed by atoms with van der Waals surface area (Å²) in [6, 6.07) is 4.32. The van der Waals surface area contributed by atoms with Gasteiger partial charge in [0.05, 0.1) is 10.5 Å². The van der Waals surface area contributed by atoms with Crippen LogP contribution in [0.5, 0.6) is 0 Å². The number of carbonyl (C=O) groups excluding carboxylic acids is 1. The maximum absolute atomic E-state index is 12.4. The van der Waals surface area contributed by atoms with Crippen molar-refractivity contribution in [2.75, 3.05) is 18.8 Å². The zero-order valence-electron chi connectivity index (χ0n) is 12.1. The number of nitro benzene ring substituents is 1. The predicted octanol–water partition coefficient (Wildman–Crippen LogP) is 2.69. The van der Waals surface area contributed by atoms with E-state index < -0.39 is 4.92 Å². The molecule has 1 aromatic carbocycles. The van der Waals surface area contributed by atoms with Gasteiger partial charge in [0.2, 0.25) is 0 Å². The Morgan fingerprint density at radius 1 is 1.45 bits per heavy atom. The summed E-state index contributed by atoms with van der Waals surface area (Å²) in [7, 11) is 0. The first-order valence-corrected chi connectivity index (χ1v) is 6.74. The van der Waals surface area contributed by atoms with Gasteiger partial charge >= 0.3 is 0 Å². The van der Waals surface area contributed by atoms with Crippen molar-refractivity contribution < 1.29 is 9.72 Å². The summed E-state index contributed by atoms with van der Waals surface area (Å²) in [5.74, 6) is 0.118. The maximum Gasteiger partial charge on any atom is 0.292 e. The monoisotopic (exact) mass is 279 g/mol. The molecule has 1 aromatic rings. The third-order valence-electron chi connectivity index (χ3n) is 3.41. The quantitative estimate of drug-likeness (QED) is 0.492. The minimum absolute atomic E-state index is 0.0647. The van der Waals surface area contributed by atoms with E-state index in [-0.39, 0.29) is 22.8 Å². The van der Waals surface area contributed by atoms with Gasteiger partial charge in [0, 0.05) is 19.2 Å². The topological polar surface area (TPSA) is 89.5 Å². The number of hydrogen-bond donors (Lipinski definition) is 1. The molecule has 0 saturated heterocycles. The fraction of sp³-hybridized carbons (Fsp3) is 0.500. The van der Waals surface area contributed by atoms with E-state index in [4.69, 9.17) is 5.73 Å². The standard InChI is InChI=1S/C14H21N3O3/c1-4-10(3)9-16(5-2)14(18)11-7-6-8-12(13(11)15)17(19)20/h6-8,10H,4-5,9,15H2,1-3H3. The number of amides is 1. The molecule has 1 atom stereocenters. The molecule has 0 saturated carbocycles. The summed E-state index contributed by atoms with van der Waals surface area (Å²) < 4.78 is 0. The van der Waals surface area contributed by atoms with E-state index in [1.807, 2.05) is 6.92 Å². The average molecular weight is 279 g/mol. The molecule has 1 amide bonds. The van der Waals surface area contributed by atoms with Gasteiger partial charge in [-0.2, -0.15) is 0 Å². The van der Waals surface area contributed by atoms with Gasteiger partial charge in [0.25, 0.3) is 11.6 Å². The van der Waals surface area contributed by atoms with Gasteiger partial charge in [-0.3, -0.25) is 14.9 Å². The van der Waals surface area contributed by atoms with Crippen LogP contribution in [0.25, 0.3) is 0 Å². The molecule has 20 heavy (non-hydrogen) atoms. The summed E-state index contributed by atoms with van der Waals surface area (Å²) in [5.41, 5.74) is 5.66. The number of rotatable bonds is 6. The molecule has 0 aromatic heterocycles. The largest absolute Gasteiger partial charge is 0.393 e. The highest BCUT2D eigenvalue weighted by molar-refractivity contribution is 6.01. The van der Waals surface area contributed by atoms with Crippen molar-refractivity contribution in [2.45, 2.75) is 27.2 Å². The molecule has 6 heteroatoms. The van der Waals surface area contributed by atoms with E-state index in [9.17, 15) is 14.9 Å². The third kappa shape index (κ3) is 3.46. The molecule has 0 heterocycles. The highest BCUT2D eigenvalue weighted by atomic mass is 16.6. The van der Waals surface area contributed by atoms with Crippen LogP contribution in [0.3, 0.4) is 0 Å². The van der Waals surface area contributed by atoms with Crippen molar-refractivity contribution in [1.29, 1.82) is 0 Å². The van der Waals surface area contributed by atoms with Gasteiger partial charge in [-0.1, -0.05) is 26.3 Å². The number of nitrogen functional groups attached to an aromatic ring is 1. The van der Waals surface area contributed by atoms with Gasteiger partial charge in [0.1, 0.15) is 5.69 Å². The predicted molar refractivity (Wildman–Crippen MR) is 78.5 cm³/mol. The second-order valence-electron chi connectivity index (χ2n) is 4.85. The molecule has 0 spiro atoms. The Kier molecular flexibility index (Phi) is 5.49. The summed E-state index contributed by atoms with van der Waals surface area (Å²) in [4.78, 5) is 24.4. The average Bonchev–Trinajstić information content (AvgIpc) is 2.43. The number of anilines is 1. The first-order valence-electron chi connectivity index (χ1n) is 6.74. The minimum atomic E-state index is -0.572. The highest BCUT2D eigenvalue weighted by Gasteiger charge is 2.23. The zero-order chi connectivity index (χ0) is 15.3. The van der Waals surface area contributed by atoms with Crippen LogP contribution < -0.4 is 5.73 Å². The third-order valence-corrected chi connectivity index (χ3v) is 3.41. The molecule has 1 unspecified atom stereocenters. The second-order valence-corrected chi connectivity index (χ2v) is 4.85. The molecular weight excluding hydrogens is 258 g/mol. The molecule has 0 bridgehead atoms. The van der Waals surface area contributed by atoms with E-state index in [2.05, 4.69) is 13.8 Å². The van der Waals surface area contributed by atoms with E-state index in [0.717, 1.165) is 6.42 Å². The number of para-hydroxylation sites is 1. The van der Waals surface area contributed by atoms with Gasteiger partial charge < -0.3 is 10.6 Å². The van der Waals surface area contributed by atoms with Crippen molar-refractivity contribution in [3.8, 4) is 0 Å². The molecule has 6 nitrogen and oxygen atoms in total. The zero-order valence-corrected chi connectivity index (χ0v) is 12.1. The summed E-state index contributed by atoms with van der Waals surface area (Å²) in [6.45, 7) is 7.17. The van der Waals surface area contributed by atoms with Crippen molar-refractivity contribution in [2.24, 2.45) is 5.92 Å². The Balaban J connectivity index is 3.07. The molecule has 0 aliphatic rings. The van der Waals surface area contributed by atoms with Crippen LogP contribution in [0, 0.1) is 16.0 Å². The summed E-state index contributed by atoms with van der Waals surface area (Å²) >= 11 is 0. The Morgan fingerprint density at radius 2 is 2.10 bits per heavy atom. The number of carbonyl (C=O) groups is 1. The lowest BCUT2D eigenvalue weighted by Gasteiger charge is -2.24. The van der Waals surface area contributed by atoms with E-state index in [1.54, 1.807) is 4.90 Å². The molecule has 0 aliphatic heterocycles. The van der Waals surface area contributed by atoms with Gasteiger partial charge in [-0.25, -0.2) is 0 Å². The minimum Gasteiger partial charge on any atom is -0.393 e. The molecule has 2 N–H and O–H groups in total.